The third-order valence-corrected chi connectivity index (χ3v) is 3.07. The first kappa shape index (κ1) is 10.8. The minimum absolute atomic E-state index is 0.948. The second-order valence-corrected chi connectivity index (χ2v) is 4.41. The fourth-order valence-corrected chi connectivity index (χ4v) is 2.27. The molecule has 0 saturated carbocycles. The molecule has 2 aromatic rings. The molecule has 0 fully saturated rings. The highest BCUT2D eigenvalue weighted by atomic mass is 32.2. The molecular weight excluding hydrogens is 214 g/mol. The normalized spacial score (nSPS) is 9.69. The average molecular weight is 224 g/mol. The van der Waals surface area contributed by atoms with Crippen LogP contribution in [0.5, 0.6) is 0 Å². The molecule has 0 spiro atoms. The predicted molar refractivity (Wildman–Crippen MR) is 66.0 cm³/mol. The molecule has 0 aliphatic rings. The highest BCUT2D eigenvalue weighted by Crippen LogP contribution is 2.27. The predicted octanol–water partition coefficient (Wildman–Crippen LogP) is 3.91. The Morgan fingerprint density at radius 1 is 0.938 bits per heavy atom. The van der Waals surface area contributed by atoms with Crippen molar-refractivity contribution in [1.82, 2.24) is 0 Å². The molecule has 0 amide bonds. The molecule has 1 nitrogen and oxygen atoms in total. The second kappa shape index (κ2) is 5.39. The van der Waals surface area contributed by atoms with Crippen molar-refractivity contribution in [3.05, 3.63) is 66.6 Å². The zero-order valence-corrected chi connectivity index (χ0v) is 9.45. The summed E-state index contributed by atoms with van der Waals surface area (Å²) in [7, 11) is 0. The molecule has 16 heavy (non-hydrogen) atoms. The minimum atomic E-state index is 0.948. The van der Waals surface area contributed by atoms with Crippen molar-refractivity contribution in [3.8, 4) is 6.07 Å². The maximum atomic E-state index is 8.59. The monoisotopic (exact) mass is 224 g/mol. The van der Waals surface area contributed by atoms with Gasteiger partial charge in [0.15, 0.2) is 0 Å². The van der Waals surface area contributed by atoms with Gasteiger partial charge in [0.05, 0.1) is 12.5 Å². The molecule has 0 atom stereocenters. The summed E-state index contributed by atoms with van der Waals surface area (Å²) in [6.07, 6.45) is 1.55. The maximum Gasteiger partial charge on any atom is 0.0912 e. The number of nitriles is 1. The van der Waals surface area contributed by atoms with E-state index in [4.69, 9.17) is 5.26 Å². The SMILES string of the molecule is N#C[CH]c1cccc(Sc2ccccc2)c1. The van der Waals surface area contributed by atoms with Gasteiger partial charge in [0.1, 0.15) is 0 Å². The van der Waals surface area contributed by atoms with Crippen molar-refractivity contribution in [2.45, 2.75) is 9.79 Å². The topological polar surface area (TPSA) is 23.8 Å². The molecule has 2 heteroatoms. The van der Waals surface area contributed by atoms with E-state index in [-0.39, 0.29) is 0 Å². The van der Waals surface area contributed by atoms with Gasteiger partial charge in [-0.05, 0) is 29.8 Å². The van der Waals surface area contributed by atoms with Gasteiger partial charge in [0, 0.05) is 9.79 Å². The second-order valence-electron chi connectivity index (χ2n) is 3.26. The molecule has 0 aliphatic heterocycles. The van der Waals surface area contributed by atoms with Crippen LogP contribution in [0.15, 0.2) is 64.4 Å². The Balaban J connectivity index is 2.16. The van der Waals surface area contributed by atoms with Gasteiger partial charge >= 0.3 is 0 Å². The summed E-state index contributed by atoms with van der Waals surface area (Å²) in [5.41, 5.74) is 0.948. The number of hydrogen-bond donors (Lipinski definition) is 0. The van der Waals surface area contributed by atoms with E-state index in [0.29, 0.717) is 0 Å². The van der Waals surface area contributed by atoms with E-state index in [2.05, 4.69) is 12.1 Å². The van der Waals surface area contributed by atoms with Gasteiger partial charge in [-0.3, -0.25) is 0 Å². The largest absolute Gasteiger partial charge is 0.198 e. The highest BCUT2D eigenvalue weighted by molar-refractivity contribution is 7.99. The molecule has 0 saturated heterocycles. The van der Waals surface area contributed by atoms with Gasteiger partial charge in [0.25, 0.3) is 0 Å². The molecule has 0 N–H and O–H groups in total. The average Bonchev–Trinajstić information content (AvgIpc) is 2.31. The molecular formula is C14H10NS. The summed E-state index contributed by atoms with van der Waals surface area (Å²) in [6, 6.07) is 20.2. The molecule has 0 aromatic heterocycles. The van der Waals surface area contributed by atoms with Gasteiger partial charge in [0.2, 0.25) is 0 Å². The van der Waals surface area contributed by atoms with E-state index in [0.717, 1.165) is 10.5 Å². The standard InChI is InChI=1S/C14H10NS/c15-10-9-12-5-4-8-14(11-12)16-13-6-2-1-3-7-13/h1-9,11H. The van der Waals surface area contributed by atoms with E-state index >= 15 is 0 Å². The Hall–Kier alpha value is -1.72. The Kier molecular flexibility index (Phi) is 3.63. The van der Waals surface area contributed by atoms with Gasteiger partial charge < -0.3 is 0 Å². The van der Waals surface area contributed by atoms with Crippen molar-refractivity contribution in [2.75, 3.05) is 0 Å². The Labute approximate surface area is 99.7 Å². The van der Waals surface area contributed by atoms with Crippen LogP contribution >= 0.6 is 11.8 Å². The van der Waals surface area contributed by atoms with Crippen LogP contribution in [0.3, 0.4) is 0 Å². The Bertz CT molecular complexity index is 500. The van der Waals surface area contributed by atoms with Crippen LogP contribution in [-0.2, 0) is 0 Å². The molecule has 0 heterocycles. The zero-order chi connectivity index (χ0) is 11.2. The molecule has 1 radical (unpaired) electrons. The quantitative estimate of drug-likeness (QED) is 0.789. The zero-order valence-electron chi connectivity index (χ0n) is 8.63. The van der Waals surface area contributed by atoms with Crippen LogP contribution in [0.25, 0.3) is 0 Å². The minimum Gasteiger partial charge on any atom is -0.198 e. The van der Waals surface area contributed by atoms with Gasteiger partial charge in [-0.1, -0.05) is 42.1 Å². The van der Waals surface area contributed by atoms with E-state index in [1.165, 1.54) is 4.90 Å². The van der Waals surface area contributed by atoms with Crippen molar-refractivity contribution in [1.29, 1.82) is 5.26 Å². The maximum absolute atomic E-state index is 8.59. The summed E-state index contributed by atoms with van der Waals surface area (Å²) in [5, 5.41) is 8.59. The van der Waals surface area contributed by atoms with Crippen molar-refractivity contribution in [2.24, 2.45) is 0 Å². The third-order valence-electron chi connectivity index (χ3n) is 2.07. The van der Waals surface area contributed by atoms with E-state index in [1.54, 1.807) is 18.2 Å². The van der Waals surface area contributed by atoms with Crippen LogP contribution in [0.2, 0.25) is 0 Å². The molecule has 77 valence electrons. The smallest absolute Gasteiger partial charge is 0.0912 e. The van der Waals surface area contributed by atoms with Gasteiger partial charge in [-0.15, -0.1) is 0 Å². The van der Waals surface area contributed by atoms with E-state index < -0.39 is 0 Å². The summed E-state index contributed by atoms with van der Waals surface area (Å²) in [4.78, 5) is 2.35. The van der Waals surface area contributed by atoms with E-state index in [9.17, 15) is 0 Å². The summed E-state index contributed by atoms with van der Waals surface area (Å²) < 4.78 is 0. The summed E-state index contributed by atoms with van der Waals surface area (Å²) in [6.45, 7) is 0. The lowest BCUT2D eigenvalue weighted by Gasteiger charge is -2.02. The number of benzene rings is 2. The van der Waals surface area contributed by atoms with Gasteiger partial charge in [-0.25, -0.2) is 0 Å². The number of nitrogens with zero attached hydrogens (tertiary/aromatic N) is 1. The highest BCUT2D eigenvalue weighted by Gasteiger charge is 1.98. The Morgan fingerprint density at radius 3 is 2.44 bits per heavy atom. The van der Waals surface area contributed by atoms with Crippen LogP contribution in [-0.4, -0.2) is 0 Å². The first-order chi connectivity index (χ1) is 7.88. The van der Waals surface area contributed by atoms with Crippen LogP contribution in [0.4, 0.5) is 0 Å². The van der Waals surface area contributed by atoms with E-state index in [1.807, 2.05) is 48.5 Å². The number of rotatable bonds is 3. The first-order valence-electron chi connectivity index (χ1n) is 4.94. The van der Waals surface area contributed by atoms with Crippen LogP contribution < -0.4 is 0 Å². The molecule has 0 unspecified atom stereocenters. The lowest BCUT2D eigenvalue weighted by Crippen LogP contribution is -1.79. The first-order valence-corrected chi connectivity index (χ1v) is 5.76. The van der Waals surface area contributed by atoms with Crippen molar-refractivity contribution < 1.29 is 0 Å². The molecule has 0 aliphatic carbocycles. The Morgan fingerprint density at radius 2 is 1.69 bits per heavy atom. The molecule has 2 aromatic carbocycles. The molecule has 0 bridgehead atoms. The lowest BCUT2D eigenvalue weighted by molar-refractivity contribution is 1.36. The van der Waals surface area contributed by atoms with Crippen molar-refractivity contribution in [3.63, 3.8) is 0 Å². The summed E-state index contributed by atoms with van der Waals surface area (Å²) in [5.74, 6) is 0. The van der Waals surface area contributed by atoms with Crippen LogP contribution in [0.1, 0.15) is 5.56 Å². The fraction of sp³-hybridized carbons (Fsp3) is 0. The summed E-state index contributed by atoms with van der Waals surface area (Å²) >= 11 is 1.70. The van der Waals surface area contributed by atoms with Crippen molar-refractivity contribution >= 4 is 11.8 Å². The fourth-order valence-electron chi connectivity index (χ4n) is 1.37. The third kappa shape index (κ3) is 2.88. The molecule has 2 rings (SSSR count). The lowest BCUT2D eigenvalue weighted by atomic mass is 10.2. The van der Waals surface area contributed by atoms with Gasteiger partial charge in [-0.2, -0.15) is 5.26 Å². The number of hydrogen-bond acceptors (Lipinski definition) is 2. The van der Waals surface area contributed by atoms with Crippen LogP contribution in [0, 0.1) is 17.8 Å².